The Morgan fingerprint density at radius 3 is 2.40 bits per heavy atom. The molecule has 5 nitrogen and oxygen atoms in total. The van der Waals surface area contributed by atoms with Crippen LogP contribution in [0.1, 0.15) is 15.9 Å². The number of benzene rings is 2. The average Bonchev–Trinajstić information content (AvgIpc) is 2.59. The fourth-order valence-corrected chi connectivity index (χ4v) is 2.36. The van der Waals surface area contributed by atoms with Gasteiger partial charge in [-0.25, -0.2) is 4.79 Å². The highest BCUT2D eigenvalue weighted by atomic mass is 35.5. The van der Waals surface area contributed by atoms with E-state index >= 15 is 0 Å². The van der Waals surface area contributed by atoms with Gasteiger partial charge < -0.3 is 15.0 Å². The fraction of sp³-hybridized carbons (Fsp3) is 0.158. The molecule has 0 saturated heterocycles. The zero-order valence-electron chi connectivity index (χ0n) is 14.2. The number of nitrogens with zero attached hydrogens (tertiary/aromatic N) is 1. The second-order valence-electron chi connectivity index (χ2n) is 5.49. The lowest BCUT2D eigenvalue weighted by Crippen LogP contribution is -2.15. The number of rotatable bonds is 5. The number of ether oxygens (including phenoxy) is 1. The number of esters is 1. The molecule has 25 heavy (non-hydrogen) atoms. The van der Waals surface area contributed by atoms with Crippen molar-refractivity contribution in [3.05, 3.63) is 64.7 Å². The van der Waals surface area contributed by atoms with Gasteiger partial charge in [-0.1, -0.05) is 23.7 Å². The van der Waals surface area contributed by atoms with Crippen LogP contribution in [0.25, 0.3) is 6.08 Å². The van der Waals surface area contributed by atoms with Crippen LogP contribution in [0.15, 0.2) is 48.5 Å². The Kier molecular flexibility index (Phi) is 6.19. The van der Waals surface area contributed by atoms with Crippen LogP contribution in [-0.4, -0.2) is 33.1 Å². The molecular formula is C19H19ClN2O3. The van der Waals surface area contributed by atoms with Crippen LogP contribution >= 0.6 is 11.6 Å². The molecule has 0 aliphatic rings. The van der Waals surface area contributed by atoms with Crippen molar-refractivity contribution in [3.8, 4) is 0 Å². The lowest BCUT2D eigenvalue weighted by molar-refractivity contribution is -0.111. The van der Waals surface area contributed by atoms with Crippen molar-refractivity contribution in [2.75, 3.05) is 31.4 Å². The monoisotopic (exact) mass is 358 g/mol. The van der Waals surface area contributed by atoms with Gasteiger partial charge in [0.2, 0.25) is 5.91 Å². The number of hydrogen-bond donors (Lipinski definition) is 1. The molecule has 2 rings (SSSR count). The molecule has 0 saturated carbocycles. The molecule has 1 amide bonds. The quantitative estimate of drug-likeness (QED) is 0.651. The number of methoxy groups -OCH3 is 1. The number of amides is 1. The summed E-state index contributed by atoms with van der Waals surface area (Å²) in [6.45, 7) is 0. The number of hydrogen-bond acceptors (Lipinski definition) is 4. The Morgan fingerprint density at radius 1 is 1.12 bits per heavy atom. The van der Waals surface area contributed by atoms with Crippen LogP contribution in [-0.2, 0) is 9.53 Å². The molecule has 6 heteroatoms. The standard InChI is InChI=1S/C19H19ClN2O3/c1-22(2)17-10-9-15(20)12-16(17)21-18(23)11-6-13-4-7-14(8-5-13)19(24)25-3/h4-12H,1-3H3,(H,21,23)/b11-6+. The van der Waals surface area contributed by atoms with E-state index in [9.17, 15) is 9.59 Å². The third kappa shape index (κ3) is 5.09. The van der Waals surface area contributed by atoms with E-state index in [2.05, 4.69) is 10.1 Å². The highest BCUT2D eigenvalue weighted by Crippen LogP contribution is 2.27. The first kappa shape index (κ1) is 18.5. The van der Waals surface area contributed by atoms with Gasteiger partial charge in [0.15, 0.2) is 0 Å². The van der Waals surface area contributed by atoms with Gasteiger partial charge in [-0.05, 0) is 42.0 Å². The Hall–Kier alpha value is -2.79. The van der Waals surface area contributed by atoms with E-state index in [1.165, 1.54) is 13.2 Å². The lowest BCUT2D eigenvalue weighted by Gasteiger charge is -2.17. The van der Waals surface area contributed by atoms with Crippen LogP contribution in [0, 0.1) is 0 Å². The lowest BCUT2D eigenvalue weighted by atomic mass is 10.1. The number of carbonyl (C=O) groups excluding carboxylic acids is 2. The van der Waals surface area contributed by atoms with Gasteiger partial charge in [0.1, 0.15) is 0 Å². The maximum absolute atomic E-state index is 12.2. The summed E-state index contributed by atoms with van der Waals surface area (Å²) in [7, 11) is 5.10. The molecule has 0 spiro atoms. The molecule has 0 aliphatic carbocycles. The molecule has 0 aromatic heterocycles. The van der Waals surface area contributed by atoms with Crippen LogP contribution in [0.5, 0.6) is 0 Å². The largest absolute Gasteiger partial charge is 0.465 e. The van der Waals surface area contributed by atoms with Crippen LogP contribution in [0.2, 0.25) is 5.02 Å². The molecule has 0 atom stereocenters. The van der Waals surface area contributed by atoms with E-state index < -0.39 is 5.97 Å². The first-order chi connectivity index (χ1) is 11.9. The third-order valence-corrected chi connectivity index (χ3v) is 3.69. The summed E-state index contributed by atoms with van der Waals surface area (Å²) in [5.41, 5.74) is 2.74. The Morgan fingerprint density at radius 2 is 1.80 bits per heavy atom. The van der Waals surface area contributed by atoms with Crippen LogP contribution in [0.4, 0.5) is 11.4 Å². The third-order valence-electron chi connectivity index (χ3n) is 3.46. The molecule has 0 unspecified atom stereocenters. The van der Waals surface area contributed by atoms with Gasteiger partial charge in [-0.15, -0.1) is 0 Å². The zero-order chi connectivity index (χ0) is 18.4. The minimum Gasteiger partial charge on any atom is -0.465 e. The number of halogens is 1. The Labute approximate surface area is 151 Å². The summed E-state index contributed by atoms with van der Waals surface area (Å²) >= 11 is 6.00. The zero-order valence-corrected chi connectivity index (χ0v) is 15.0. The summed E-state index contributed by atoms with van der Waals surface area (Å²) in [6.07, 6.45) is 3.09. The molecule has 0 fully saturated rings. The summed E-state index contributed by atoms with van der Waals surface area (Å²) in [6, 6.07) is 12.1. The number of anilines is 2. The summed E-state index contributed by atoms with van der Waals surface area (Å²) in [5.74, 6) is -0.673. The van der Waals surface area contributed by atoms with Gasteiger partial charge in [-0.2, -0.15) is 0 Å². The van der Waals surface area contributed by atoms with Crippen molar-refractivity contribution < 1.29 is 14.3 Å². The highest BCUT2D eigenvalue weighted by molar-refractivity contribution is 6.31. The first-order valence-electron chi connectivity index (χ1n) is 7.55. The topological polar surface area (TPSA) is 58.6 Å². The highest BCUT2D eigenvalue weighted by Gasteiger charge is 2.08. The number of carbonyl (C=O) groups is 2. The fourth-order valence-electron chi connectivity index (χ4n) is 2.19. The minimum absolute atomic E-state index is 0.276. The van der Waals surface area contributed by atoms with Crippen LogP contribution < -0.4 is 10.2 Å². The number of nitrogens with one attached hydrogen (secondary N) is 1. The molecule has 1 N–H and O–H groups in total. The second kappa shape index (κ2) is 8.35. The maximum atomic E-state index is 12.2. The molecule has 2 aromatic rings. The van der Waals surface area contributed by atoms with Gasteiger partial charge in [0.05, 0.1) is 24.0 Å². The Balaban J connectivity index is 2.09. The molecule has 0 bridgehead atoms. The predicted octanol–water partition coefficient (Wildman–Crippen LogP) is 3.84. The predicted molar refractivity (Wildman–Crippen MR) is 101 cm³/mol. The van der Waals surface area contributed by atoms with Gasteiger partial charge >= 0.3 is 5.97 Å². The van der Waals surface area contributed by atoms with E-state index in [-0.39, 0.29) is 5.91 Å². The maximum Gasteiger partial charge on any atom is 0.337 e. The van der Waals surface area contributed by atoms with E-state index in [0.29, 0.717) is 16.3 Å². The summed E-state index contributed by atoms with van der Waals surface area (Å²) < 4.78 is 4.64. The molecule has 130 valence electrons. The first-order valence-corrected chi connectivity index (χ1v) is 7.93. The molecule has 0 heterocycles. The van der Waals surface area contributed by atoms with Crippen molar-refractivity contribution in [2.24, 2.45) is 0 Å². The SMILES string of the molecule is COC(=O)c1ccc(/C=C/C(=O)Nc2cc(Cl)ccc2N(C)C)cc1. The van der Waals surface area contributed by atoms with Crippen molar-refractivity contribution in [2.45, 2.75) is 0 Å². The molecule has 0 aliphatic heterocycles. The Bertz CT molecular complexity index is 799. The van der Waals surface area contributed by atoms with Gasteiger partial charge in [-0.3, -0.25) is 4.79 Å². The van der Waals surface area contributed by atoms with E-state index in [1.54, 1.807) is 42.5 Å². The summed E-state index contributed by atoms with van der Waals surface area (Å²) in [4.78, 5) is 25.4. The smallest absolute Gasteiger partial charge is 0.337 e. The summed E-state index contributed by atoms with van der Waals surface area (Å²) in [5, 5.41) is 3.36. The van der Waals surface area contributed by atoms with Gasteiger partial charge in [0.25, 0.3) is 0 Å². The average molecular weight is 359 g/mol. The molecular weight excluding hydrogens is 340 g/mol. The molecule has 0 radical (unpaired) electrons. The van der Waals surface area contributed by atoms with E-state index in [4.69, 9.17) is 11.6 Å². The minimum atomic E-state index is -0.398. The van der Waals surface area contributed by atoms with E-state index in [1.807, 2.05) is 25.1 Å². The molecule has 2 aromatic carbocycles. The van der Waals surface area contributed by atoms with Crippen LogP contribution in [0.3, 0.4) is 0 Å². The van der Waals surface area contributed by atoms with Crippen molar-refractivity contribution in [3.63, 3.8) is 0 Å². The normalized spacial score (nSPS) is 10.6. The van der Waals surface area contributed by atoms with E-state index in [0.717, 1.165) is 11.3 Å². The van der Waals surface area contributed by atoms with Crippen molar-refractivity contribution in [1.29, 1.82) is 0 Å². The van der Waals surface area contributed by atoms with Crippen molar-refractivity contribution >= 4 is 40.9 Å². The van der Waals surface area contributed by atoms with Gasteiger partial charge in [0, 0.05) is 25.2 Å². The second-order valence-corrected chi connectivity index (χ2v) is 5.93. The van der Waals surface area contributed by atoms with Crippen molar-refractivity contribution in [1.82, 2.24) is 0 Å².